The molecular weight excluding hydrogens is 331 g/mol. The summed E-state index contributed by atoms with van der Waals surface area (Å²) in [7, 11) is 0. The molecule has 0 radical (unpaired) electrons. The molecule has 0 unspecified atom stereocenters. The van der Waals surface area contributed by atoms with Crippen LogP contribution < -0.4 is 5.32 Å². The number of hydrogen-bond donors (Lipinski definition) is 1. The zero-order valence-electron chi connectivity index (χ0n) is 10.5. The topological polar surface area (TPSA) is 55.1 Å². The Morgan fingerprint density at radius 2 is 2.00 bits per heavy atom. The minimum atomic E-state index is -0.401. The molecule has 3 rings (SSSR count). The van der Waals surface area contributed by atoms with Gasteiger partial charge in [0.25, 0.3) is 5.91 Å². The number of carbonyl (C=O) groups excluding carboxylic acids is 1. The van der Waals surface area contributed by atoms with E-state index in [0.29, 0.717) is 15.8 Å². The number of benzene rings is 1. The monoisotopic (exact) mass is 338 g/mol. The molecular formula is C14H8Cl2N2O2S. The molecule has 0 aliphatic rings. The summed E-state index contributed by atoms with van der Waals surface area (Å²) in [6.07, 6.45) is 0. The fourth-order valence-electron chi connectivity index (χ4n) is 1.72. The maximum atomic E-state index is 11.9. The summed E-state index contributed by atoms with van der Waals surface area (Å²) >= 11 is 13.1. The molecule has 0 saturated heterocycles. The van der Waals surface area contributed by atoms with Crippen LogP contribution in [0.1, 0.15) is 10.6 Å². The third kappa shape index (κ3) is 3.10. The maximum Gasteiger partial charge on any atom is 0.293 e. The summed E-state index contributed by atoms with van der Waals surface area (Å²) in [6.45, 7) is 0. The molecule has 3 aromatic rings. The number of anilines is 1. The highest BCUT2D eigenvalue weighted by Crippen LogP contribution is 2.30. The van der Waals surface area contributed by atoms with Crippen LogP contribution in [0.5, 0.6) is 0 Å². The molecule has 4 nitrogen and oxygen atoms in total. The van der Waals surface area contributed by atoms with Gasteiger partial charge >= 0.3 is 0 Å². The van der Waals surface area contributed by atoms with E-state index in [-0.39, 0.29) is 11.0 Å². The van der Waals surface area contributed by atoms with Crippen LogP contribution >= 0.6 is 34.5 Å². The predicted octanol–water partition coefficient (Wildman–Crippen LogP) is 4.96. The largest absolute Gasteiger partial charge is 0.440 e. The molecule has 0 atom stereocenters. The number of thiazole rings is 1. The van der Waals surface area contributed by atoms with E-state index in [0.717, 1.165) is 5.56 Å². The highest BCUT2D eigenvalue weighted by atomic mass is 35.5. The number of hydrogen-bond acceptors (Lipinski definition) is 4. The lowest BCUT2D eigenvalue weighted by atomic mass is 10.2. The van der Waals surface area contributed by atoms with Crippen LogP contribution in [0.25, 0.3) is 11.3 Å². The Hall–Kier alpha value is -1.82. The van der Waals surface area contributed by atoms with Crippen molar-refractivity contribution in [1.29, 1.82) is 0 Å². The standard InChI is InChI=1S/C14H8Cl2N2O2S/c15-9-4-2-1-3-8(9)10-7-21-14(17-10)18-13(19)11-5-6-12(16)20-11/h1-7H,(H,17,18,19). The minimum absolute atomic E-state index is 0.134. The van der Waals surface area contributed by atoms with E-state index >= 15 is 0 Å². The molecule has 0 aliphatic carbocycles. The molecule has 106 valence electrons. The lowest BCUT2D eigenvalue weighted by Gasteiger charge is -1.99. The molecule has 1 aromatic carbocycles. The van der Waals surface area contributed by atoms with Gasteiger partial charge in [-0.1, -0.05) is 29.8 Å². The molecule has 1 N–H and O–H groups in total. The molecule has 2 aromatic heterocycles. The van der Waals surface area contributed by atoms with Gasteiger partial charge < -0.3 is 4.42 Å². The van der Waals surface area contributed by atoms with Gasteiger partial charge in [-0.2, -0.15) is 0 Å². The molecule has 7 heteroatoms. The maximum absolute atomic E-state index is 11.9. The summed E-state index contributed by atoms with van der Waals surface area (Å²) in [5.74, 6) is -0.267. The van der Waals surface area contributed by atoms with Gasteiger partial charge in [-0.25, -0.2) is 4.98 Å². The fourth-order valence-corrected chi connectivity index (χ4v) is 2.80. The second-order valence-corrected chi connectivity index (χ2v) is 5.71. The lowest BCUT2D eigenvalue weighted by molar-refractivity contribution is 0.0997. The van der Waals surface area contributed by atoms with Gasteiger partial charge in [0, 0.05) is 16.0 Å². The molecule has 2 heterocycles. The summed E-state index contributed by atoms with van der Waals surface area (Å²) in [5, 5.41) is 5.71. The molecule has 0 aliphatic heterocycles. The van der Waals surface area contributed by atoms with Crippen molar-refractivity contribution in [3.63, 3.8) is 0 Å². The number of nitrogens with one attached hydrogen (secondary N) is 1. The van der Waals surface area contributed by atoms with E-state index < -0.39 is 5.91 Å². The number of halogens is 2. The highest BCUT2D eigenvalue weighted by molar-refractivity contribution is 7.14. The summed E-state index contributed by atoms with van der Waals surface area (Å²) < 4.78 is 5.04. The first kappa shape index (κ1) is 14.1. The molecule has 1 amide bonds. The third-order valence-corrected chi connectivity index (χ3v) is 3.96. The first-order chi connectivity index (χ1) is 10.1. The fraction of sp³-hybridized carbons (Fsp3) is 0. The van der Waals surface area contributed by atoms with Gasteiger partial charge in [0.05, 0.1) is 5.69 Å². The van der Waals surface area contributed by atoms with Crippen LogP contribution in [-0.2, 0) is 0 Å². The molecule has 0 saturated carbocycles. The highest BCUT2D eigenvalue weighted by Gasteiger charge is 2.14. The van der Waals surface area contributed by atoms with Crippen molar-refractivity contribution in [3.8, 4) is 11.3 Å². The smallest absolute Gasteiger partial charge is 0.293 e. The van der Waals surface area contributed by atoms with E-state index in [1.165, 1.54) is 23.5 Å². The Balaban J connectivity index is 1.80. The van der Waals surface area contributed by atoms with Crippen LogP contribution in [0.4, 0.5) is 5.13 Å². The van der Waals surface area contributed by atoms with Gasteiger partial charge in [0.1, 0.15) is 0 Å². The second-order valence-electron chi connectivity index (χ2n) is 4.08. The van der Waals surface area contributed by atoms with Crippen molar-refractivity contribution >= 4 is 45.6 Å². The van der Waals surface area contributed by atoms with Gasteiger partial charge in [-0.15, -0.1) is 11.3 Å². The van der Waals surface area contributed by atoms with Crippen molar-refractivity contribution in [2.24, 2.45) is 0 Å². The predicted molar refractivity (Wildman–Crippen MR) is 84.2 cm³/mol. The van der Waals surface area contributed by atoms with Gasteiger partial charge in [0.15, 0.2) is 16.1 Å². The van der Waals surface area contributed by atoms with Gasteiger partial charge in [0.2, 0.25) is 0 Å². The van der Waals surface area contributed by atoms with E-state index in [4.69, 9.17) is 27.6 Å². The van der Waals surface area contributed by atoms with E-state index in [2.05, 4.69) is 10.3 Å². The first-order valence-electron chi connectivity index (χ1n) is 5.90. The Kier molecular flexibility index (Phi) is 3.96. The van der Waals surface area contributed by atoms with Gasteiger partial charge in [-0.3, -0.25) is 10.1 Å². The van der Waals surface area contributed by atoms with Crippen LogP contribution in [0.2, 0.25) is 10.2 Å². The summed E-state index contributed by atoms with van der Waals surface area (Å²) in [6, 6.07) is 10.4. The van der Waals surface area contributed by atoms with Crippen LogP contribution in [0, 0.1) is 0 Å². The van der Waals surface area contributed by atoms with E-state index in [1.54, 1.807) is 6.07 Å². The SMILES string of the molecule is O=C(Nc1nc(-c2ccccc2Cl)cs1)c1ccc(Cl)o1. The lowest BCUT2D eigenvalue weighted by Crippen LogP contribution is -2.10. The summed E-state index contributed by atoms with van der Waals surface area (Å²) in [4.78, 5) is 16.3. The second kappa shape index (κ2) is 5.89. The van der Waals surface area contributed by atoms with Crippen molar-refractivity contribution in [2.75, 3.05) is 5.32 Å². The molecule has 0 spiro atoms. The molecule has 0 bridgehead atoms. The van der Waals surface area contributed by atoms with E-state index in [1.807, 2.05) is 23.6 Å². The van der Waals surface area contributed by atoms with Gasteiger partial charge in [-0.05, 0) is 29.8 Å². The zero-order valence-corrected chi connectivity index (χ0v) is 12.8. The number of aromatic nitrogens is 1. The number of nitrogens with zero attached hydrogens (tertiary/aromatic N) is 1. The Labute approximate surface area is 134 Å². The van der Waals surface area contributed by atoms with Crippen LogP contribution in [0.15, 0.2) is 46.2 Å². The average Bonchev–Trinajstić information content (AvgIpc) is 3.08. The first-order valence-corrected chi connectivity index (χ1v) is 7.54. The number of rotatable bonds is 3. The Morgan fingerprint density at radius 1 is 1.19 bits per heavy atom. The van der Waals surface area contributed by atoms with Crippen molar-refractivity contribution in [3.05, 3.63) is 57.8 Å². The average molecular weight is 339 g/mol. The third-order valence-electron chi connectivity index (χ3n) is 2.67. The Bertz CT molecular complexity index is 798. The van der Waals surface area contributed by atoms with E-state index in [9.17, 15) is 4.79 Å². The van der Waals surface area contributed by atoms with Crippen LogP contribution in [0.3, 0.4) is 0 Å². The van der Waals surface area contributed by atoms with Crippen molar-refractivity contribution in [1.82, 2.24) is 4.98 Å². The quantitative estimate of drug-likeness (QED) is 0.734. The number of amides is 1. The van der Waals surface area contributed by atoms with Crippen molar-refractivity contribution < 1.29 is 9.21 Å². The Morgan fingerprint density at radius 3 is 2.71 bits per heavy atom. The number of carbonyl (C=O) groups is 1. The van der Waals surface area contributed by atoms with Crippen molar-refractivity contribution in [2.45, 2.75) is 0 Å². The molecule has 21 heavy (non-hydrogen) atoms. The zero-order chi connectivity index (χ0) is 14.8. The number of furan rings is 1. The van der Waals surface area contributed by atoms with Crippen LogP contribution in [-0.4, -0.2) is 10.9 Å². The minimum Gasteiger partial charge on any atom is -0.440 e. The molecule has 0 fully saturated rings. The summed E-state index contributed by atoms with van der Waals surface area (Å²) in [5.41, 5.74) is 1.52. The normalized spacial score (nSPS) is 10.6.